The Labute approximate surface area is 176 Å². The van der Waals surface area contributed by atoms with Crippen LogP contribution in [-0.4, -0.2) is 55.7 Å². The molecule has 1 fully saturated rings. The number of likely N-dealkylation sites (tertiary alicyclic amines) is 1. The monoisotopic (exact) mass is 427 g/mol. The molecule has 30 heavy (non-hydrogen) atoms. The molecule has 3 heterocycles. The van der Waals surface area contributed by atoms with E-state index in [-0.39, 0.29) is 10.8 Å². The van der Waals surface area contributed by atoms with Crippen LogP contribution in [0.3, 0.4) is 0 Å². The van der Waals surface area contributed by atoms with E-state index >= 15 is 0 Å². The zero-order valence-corrected chi connectivity index (χ0v) is 17.9. The lowest BCUT2D eigenvalue weighted by Gasteiger charge is -2.25. The van der Waals surface area contributed by atoms with Crippen LogP contribution in [0.5, 0.6) is 0 Å². The number of anilines is 2. The first-order valence-electron chi connectivity index (χ1n) is 10.2. The molecular weight excluding hydrogens is 402 g/mol. The van der Waals surface area contributed by atoms with Gasteiger partial charge < -0.3 is 15.1 Å². The highest BCUT2D eigenvalue weighted by Crippen LogP contribution is 2.31. The molecule has 0 bridgehead atoms. The molecule has 9 heteroatoms. The number of rotatable bonds is 5. The van der Waals surface area contributed by atoms with E-state index in [9.17, 15) is 13.2 Å². The minimum Gasteiger partial charge on any atom is -0.357 e. The second-order valence-electron chi connectivity index (χ2n) is 7.30. The summed E-state index contributed by atoms with van der Waals surface area (Å²) in [6.07, 6.45) is 3.08. The molecule has 1 amide bonds. The summed E-state index contributed by atoms with van der Waals surface area (Å²) in [4.78, 5) is 21.6. The van der Waals surface area contributed by atoms with Crippen LogP contribution in [0.1, 0.15) is 32.3 Å². The maximum Gasteiger partial charge on any atom is 0.285 e. The lowest BCUT2D eigenvalue weighted by molar-refractivity contribution is -0.119. The highest BCUT2D eigenvalue weighted by atomic mass is 32.2. The van der Waals surface area contributed by atoms with Crippen LogP contribution in [0, 0.1) is 0 Å². The molecule has 1 aromatic carbocycles. The molecule has 2 aliphatic rings. The smallest absolute Gasteiger partial charge is 0.285 e. The molecule has 0 saturated carbocycles. The van der Waals surface area contributed by atoms with Gasteiger partial charge in [0.15, 0.2) is 5.84 Å². The number of sulfonamides is 1. The Morgan fingerprint density at radius 3 is 2.67 bits per heavy atom. The topological polar surface area (TPSA) is 95.0 Å². The Hall–Kier alpha value is -2.94. The van der Waals surface area contributed by atoms with E-state index in [1.807, 2.05) is 12.1 Å². The number of amides is 1. The van der Waals surface area contributed by atoms with Crippen molar-refractivity contribution < 1.29 is 13.2 Å². The van der Waals surface area contributed by atoms with E-state index < -0.39 is 16.1 Å². The van der Waals surface area contributed by atoms with Crippen LogP contribution in [0.25, 0.3) is 0 Å². The van der Waals surface area contributed by atoms with Gasteiger partial charge in [0.05, 0.1) is 11.9 Å². The summed E-state index contributed by atoms with van der Waals surface area (Å²) in [5.41, 5.74) is 1.17. The first-order valence-corrected chi connectivity index (χ1v) is 11.6. The Morgan fingerprint density at radius 2 is 1.97 bits per heavy atom. The van der Waals surface area contributed by atoms with Crippen molar-refractivity contribution in [2.24, 2.45) is 4.40 Å². The average Bonchev–Trinajstić information content (AvgIpc) is 3.33. The van der Waals surface area contributed by atoms with Crippen molar-refractivity contribution in [2.75, 3.05) is 29.9 Å². The number of benzene rings is 1. The van der Waals surface area contributed by atoms with Crippen molar-refractivity contribution in [3.63, 3.8) is 0 Å². The van der Waals surface area contributed by atoms with E-state index in [0.29, 0.717) is 30.1 Å². The van der Waals surface area contributed by atoms with Crippen molar-refractivity contribution in [2.45, 2.75) is 37.6 Å². The van der Waals surface area contributed by atoms with Gasteiger partial charge in [-0.25, -0.2) is 4.98 Å². The lowest BCUT2D eigenvalue weighted by atomic mass is 10.1. The molecule has 1 aromatic heterocycles. The lowest BCUT2D eigenvalue weighted by Crippen LogP contribution is -2.43. The molecule has 0 spiro atoms. The number of hydrogen-bond acceptors (Lipinski definition) is 6. The predicted octanol–water partition coefficient (Wildman–Crippen LogP) is 2.48. The molecule has 0 radical (unpaired) electrons. The van der Waals surface area contributed by atoms with Crippen molar-refractivity contribution in [1.82, 2.24) is 9.88 Å². The average molecular weight is 428 g/mol. The minimum atomic E-state index is -3.72. The van der Waals surface area contributed by atoms with Crippen LogP contribution in [-0.2, 0) is 14.8 Å². The quantitative estimate of drug-likeness (QED) is 0.788. The maximum atomic E-state index is 13.0. The second-order valence-corrected chi connectivity index (χ2v) is 8.88. The first kappa shape index (κ1) is 20.3. The van der Waals surface area contributed by atoms with Gasteiger partial charge >= 0.3 is 0 Å². The van der Waals surface area contributed by atoms with Crippen molar-refractivity contribution in [3.05, 3.63) is 48.2 Å². The summed E-state index contributed by atoms with van der Waals surface area (Å²) in [6.45, 7) is 6.44. The van der Waals surface area contributed by atoms with E-state index in [4.69, 9.17) is 0 Å². The van der Waals surface area contributed by atoms with Gasteiger partial charge in [0.1, 0.15) is 16.8 Å². The van der Waals surface area contributed by atoms with Crippen molar-refractivity contribution in [3.8, 4) is 0 Å². The summed E-state index contributed by atoms with van der Waals surface area (Å²) < 4.78 is 28.8. The standard InChI is InChI=1S/C21H25N5O3S/c1-3-25(4-2)19-12-11-15(14-22-19)23-21(27)17-9-7-13-26(17)20-16-8-5-6-10-18(16)30(28,29)24-20/h5-6,8,10-12,14,17H,3-4,7,9,13H2,1-2H3,(H,23,27)/t17-/m0/s1. The molecule has 1 saturated heterocycles. The highest BCUT2D eigenvalue weighted by Gasteiger charge is 2.39. The molecule has 8 nitrogen and oxygen atoms in total. The van der Waals surface area contributed by atoms with Gasteiger partial charge in [-0.3, -0.25) is 4.79 Å². The third-order valence-corrected chi connectivity index (χ3v) is 6.87. The van der Waals surface area contributed by atoms with Crippen LogP contribution in [0.4, 0.5) is 11.5 Å². The number of nitrogens with zero attached hydrogens (tertiary/aromatic N) is 4. The molecule has 0 unspecified atom stereocenters. The first-order chi connectivity index (χ1) is 14.4. The summed E-state index contributed by atoms with van der Waals surface area (Å²) in [7, 11) is -3.72. The van der Waals surface area contributed by atoms with Gasteiger partial charge in [-0.05, 0) is 51.0 Å². The van der Waals surface area contributed by atoms with Gasteiger partial charge in [0.25, 0.3) is 10.0 Å². The normalized spacial score (nSPS) is 19.3. The Bertz CT molecular complexity index is 1080. The number of hydrogen-bond donors (Lipinski definition) is 1. The fraction of sp³-hybridized carbons (Fsp3) is 0.381. The van der Waals surface area contributed by atoms with Gasteiger partial charge in [0, 0.05) is 25.2 Å². The molecule has 4 rings (SSSR count). The van der Waals surface area contributed by atoms with Crippen LogP contribution >= 0.6 is 0 Å². The number of carbonyl (C=O) groups is 1. The highest BCUT2D eigenvalue weighted by molar-refractivity contribution is 7.90. The SMILES string of the molecule is CCN(CC)c1ccc(NC(=O)[C@@H]2CCCN2C2=NS(=O)(=O)c3ccccc32)cn1. The van der Waals surface area contributed by atoms with Crippen LogP contribution < -0.4 is 10.2 Å². The Kier molecular flexibility index (Phi) is 5.46. The zero-order chi connectivity index (χ0) is 21.3. The number of pyridine rings is 1. The van der Waals surface area contributed by atoms with E-state index in [2.05, 4.69) is 33.4 Å². The molecular formula is C21H25N5O3S. The van der Waals surface area contributed by atoms with Crippen LogP contribution in [0.2, 0.25) is 0 Å². The number of nitrogens with one attached hydrogen (secondary N) is 1. The predicted molar refractivity (Wildman–Crippen MR) is 116 cm³/mol. The fourth-order valence-electron chi connectivity index (χ4n) is 4.01. The molecule has 0 aliphatic carbocycles. The molecule has 1 N–H and O–H groups in total. The number of fused-ring (bicyclic) bond motifs is 1. The summed E-state index contributed by atoms with van der Waals surface area (Å²) in [6, 6.07) is 10.00. The van der Waals surface area contributed by atoms with E-state index in [1.165, 1.54) is 0 Å². The molecule has 1 atom stereocenters. The third-order valence-electron chi connectivity index (χ3n) is 5.54. The minimum absolute atomic E-state index is 0.186. The molecule has 2 aromatic rings. The Balaban J connectivity index is 1.53. The maximum absolute atomic E-state index is 13.0. The molecule has 2 aliphatic heterocycles. The summed E-state index contributed by atoms with van der Waals surface area (Å²) in [5, 5.41) is 2.92. The van der Waals surface area contributed by atoms with Gasteiger partial charge in [-0.1, -0.05) is 12.1 Å². The number of aromatic nitrogens is 1. The third kappa shape index (κ3) is 3.65. The van der Waals surface area contributed by atoms with Crippen LogP contribution in [0.15, 0.2) is 51.9 Å². The van der Waals surface area contributed by atoms with Gasteiger partial charge in [-0.2, -0.15) is 8.42 Å². The number of amidine groups is 1. The second kappa shape index (κ2) is 8.06. The van der Waals surface area contributed by atoms with Crippen molar-refractivity contribution >= 4 is 33.3 Å². The summed E-state index contributed by atoms with van der Waals surface area (Å²) >= 11 is 0. The zero-order valence-electron chi connectivity index (χ0n) is 17.1. The largest absolute Gasteiger partial charge is 0.357 e. The van der Waals surface area contributed by atoms with Gasteiger partial charge in [-0.15, -0.1) is 4.40 Å². The fourth-order valence-corrected chi connectivity index (χ4v) is 5.23. The van der Waals surface area contributed by atoms with E-state index in [0.717, 1.165) is 25.3 Å². The number of carbonyl (C=O) groups excluding carboxylic acids is 1. The Morgan fingerprint density at radius 1 is 1.20 bits per heavy atom. The van der Waals surface area contributed by atoms with E-state index in [1.54, 1.807) is 35.4 Å². The summed E-state index contributed by atoms with van der Waals surface area (Å²) in [5.74, 6) is 1.04. The van der Waals surface area contributed by atoms with Crippen molar-refractivity contribution in [1.29, 1.82) is 0 Å². The molecule has 158 valence electrons. The van der Waals surface area contributed by atoms with Gasteiger partial charge in [0.2, 0.25) is 5.91 Å².